The van der Waals surface area contributed by atoms with Gasteiger partial charge in [0.1, 0.15) is 5.60 Å². The quantitative estimate of drug-likeness (QED) is 0.777. The molecule has 0 N–H and O–H groups in total. The van der Waals surface area contributed by atoms with Crippen molar-refractivity contribution in [2.24, 2.45) is 0 Å². The lowest BCUT2D eigenvalue weighted by molar-refractivity contribution is 0.0559. The number of nitrogens with zero attached hydrogens (tertiary/aromatic N) is 1. The van der Waals surface area contributed by atoms with Crippen molar-refractivity contribution >= 4 is 23.7 Å². The molecule has 0 heterocycles. The second-order valence-electron chi connectivity index (χ2n) is 6.53. The van der Waals surface area contributed by atoms with Gasteiger partial charge in [-0.1, -0.05) is 18.2 Å². The molecular formula is C20H21NO5. The molecule has 6 nitrogen and oxygen atoms in total. The third-order valence-electron chi connectivity index (χ3n) is 3.35. The number of para-hydroxylation sites is 1. The van der Waals surface area contributed by atoms with Gasteiger partial charge in [-0.2, -0.15) is 0 Å². The van der Waals surface area contributed by atoms with Crippen LogP contribution >= 0.6 is 0 Å². The van der Waals surface area contributed by atoms with E-state index < -0.39 is 23.6 Å². The number of imide groups is 1. The Bertz CT molecular complexity index is 791. The van der Waals surface area contributed by atoms with Gasteiger partial charge in [0.15, 0.2) is 0 Å². The maximum atomic E-state index is 12.9. The van der Waals surface area contributed by atoms with Crippen molar-refractivity contribution in [2.45, 2.75) is 26.4 Å². The Balaban J connectivity index is 2.37. The second-order valence-corrected chi connectivity index (χ2v) is 6.53. The summed E-state index contributed by atoms with van der Waals surface area (Å²) in [6.07, 6.45) is -0.772. The zero-order chi connectivity index (χ0) is 19.3. The molecule has 0 aromatic heterocycles. The highest BCUT2D eigenvalue weighted by atomic mass is 16.6. The first-order valence-corrected chi connectivity index (χ1v) is 8.04. The van der Waals surface area contributed by atoms with Crippen molar-refractivity contribution in [1.82, 2.24) is 0 Å². The van der Waals surface area contributed by atoms with E-state index in [-0.39, 0.29) is 5.56 Å². The molecule has 0 aliphatic carbocycles. The molecule has 0 radical (unpaired) electrons. The lowest BCUT2D eigenvalue weighted by Crippen LogP contribution is -2.41. The molecule has 2 aromatic carbocycles. The number of benzene rings is 2. The predicted octanol–water partition coefficient (Wildman–Crippen LogP) is 4.06. The Morgan fingerprint density at radius 3 is 1.88 bits per heavy atom. The van der Waals surface area contributed by atoms with Crippen LogP contribution in [0.25, 0.3) is 0 Å². The van der Waals surface area contributed by atoms with Gasteiger partial charge in [-0.25, -0.2) is 14.5 Å². The maximum Gasteiger partial charge on any atom is 0.422 e. The normalized spacial score (nSPS) is 10.8. The third kappa shape index (κ3) is 4.69. The van der Waals surface area contributed by atoms with Crippen LogP contribution in [0.2, 0.25) is 0 Å². The number of rotatable bonds is 3. The molecule has 0 saturated heterocycles. The predicted molar refractivity (Wildman–Crippen MR) is 97.3 cm³/mol. The summed E-state index contributed by atoms with van der Waals surface area (Å²) in [4.78, 5) is 38.0. The SMILES string of the molecule is COC(=O)c1ccc(C(=O)N(C(=O)OC(C)(C)C)c2ccccc2)cc1. The van der Waals surface area contributed by atoms with E-state index in [0.29, 0.717) is 11.3 Å². The van der Waals surface area contributed by atoms with Crippen LogP contribution in [0.5, 0.6) is 0 Å². The number of carbonyl (C=O) groups is 3. The molecule has 0 unspecified atom stereocenters. The molecule has 0 atom stereocenters. The standard InChI is InChI=1S/C20H21NO5/c1-20(2,3)26-19(24)21(16-8-6-5-7-9-16)17(22)14-10-12-15(13-11-14)18(23)25-4/h5-13H,1-4H3. The highest BCUT2D eigenvalue weighted by Crippen LogP contribution is 2.21. The molecule has 6 heteroatoms. The van der Waals surface area contributed by atoms with E-state index in [9.17, 15) is 14.4 Å². The lowest BCUT2D eigenvalue weighted by atomic mass is 10.1. The Hall–Kier alpha value is -3.15. The van der Waals surface area contributed by atoms with Crippen molar-refractivity contribution in [1.29, 1.82) is 0 Å². The van der Waals surface area contributed by atoms with Crippen LogP contribution in [0.3, 0.4) is 0 Å². The van der Waals surface area contributed by atoms with Gasteiger partial charge < -0.3 is 9.47 Å². The van der Waals surface area contributed by atoms with E-state index in [2.05, 4.69) is 4.74 Å². The number of esters is 1. The first-order valence-electron chi connectivity index (χ1n) is 8.04. The number of anilines is 1. The third-order valence-corrected chi connectivity index (χ3v) is 3.35. The van der Waals surface area contributed by atoms with Crippen molar-refractivity contribution in [3.63, 3.8) is 0 Å². The van der Waals surface area contributed by atoms with Crippen LogP contribution in [0.15, 0.2) is 54.6 Å². The van der Waals surface area contributed by atoms with Crippen LogP contribution in [0, 0.1) is 0 Å². The van der Waals surface area contributed by atoms with Crippen LogP contribution in [-0.2, 0) is 9.47 Å². The number of ether oxygens (including phenoxy) is 2. The first kappa shape index (κ1) is 19.2. The van der Waals surface area contributed by atoms with Gasteiger partial charge in [0, 0.05) is 5.56 Å². The molecule has 2 rings (SSSR count). The van der Waals surface area contributed by atoms with Crippen LogP contribution in [0.4, 0.5) is 10.5 Å². The molecule has 0 aliphatic rings. The fraction of sp³-hybridized carbons (Fsp3) is 0.250. The van der Waals surface area contributed by atoms with E-state index in [1.807, 2.05) is 0 Å². The summed E-state index contributed by atoms with van der Waals surface area (Å²) < 4.78 is 10.0. The van der Waals surface area contributed by atoms with Gasteiger partial charge in [0.25, 0.3) is 5.91 Å². The Morgan fingerprint density at radius 2 is 1.38 bits per heavy atom. The first-order chi connectivity index (χ1) is 12.2. The molecule has 0 bridgehead atoms. The summed E-state index contributed by atoms with van der Waals surface area (Å²) in [7, 11) is 1.28. The van der Waals surface area contributed by atoms with E-state index >= 15 is 0 Å². The minimum absolute atomic E-state index is 0.243. The van der Waals surface area contributed by atoms with E-state index in [0.717, 1.165) is 4.90 Å². The highest BCUT2D eigenvalue weighted by molar-refractivity contribution is 6.19. The van der Waals surface area contributed by atoms with Gasteiger partial charge >= 0.3 is 12.1 Å². The summed E-state index contributed by atoms with van der Waals surface area (Å²) in [5.41, 5.74) is 0.197. The summed E-state index contributed by atoms with van der Waals surface area (Å²) in [6.45, 7) is 5.18. The molecule has 0 saturated carbocycles. The van der Waals surface area contributed by atoms with E-state index in [1.165, 1.54) is 31.4 Å². The van der Waals surface area contributed by atoms with Gasteiger partial charge in [-0.3, -0.25) is 4.79 Å². The largest absolute Gasteiger partial charge is 0.465 e. The van der Waals surface area contributed by atoms with Crippen LogP contribution < -0.4 is 4.90 Å². The number of hydrogen-bond acceptors (Lipinski definition) is 5. The number of amides is 2. The van der Waals surface area contributed by atoms with Crippen molar-refractivity contribution in [3.8, 4) is 0 Å². The monoisotopic (exact) mass is 355 g/mol. The summed E-state index contributed by atoms with van der Waals surface area (Å²) >= 11 is 0. The Labute approximate surface area is 152 Å². The van der Waals surface area contributed by atoms with Gasteiger partial charge in [0.2, 0.25) is 0 Å². The Kier molecular flexibility index (Phi) is 5.77. The average Bonchev–Trinajstić information content (AvgIpc) is 2.60. The highest BCUT2D eigenvalue weighted by Gasteiger charge is 2.29. The summed E-state index contributed by atoms with van der Waals surface area (Å²) in [5.74, 6) is -1.06. The van der Waals surface area contributed by atoms with Crippen LogP contribution in [0.1, 0.15) is 41.5 Å². The molecule has 0 aliphatic heterocycles. The van der Waals surface area contributed by atoms with Gasteiger partial charge in [0.05, 0.1) is 18.4 Å². The molecular weight excluding hydrogens is 334 g/mol. The topological polar surface area (TPSA) is 72.9 Å². The molecule has 2 aromatic rings. The lowest BCUT2D eigenvalue weighted by Gasteiger charge is -2.26. The van der Waals surface area contributed by atoms with Crippen LogP contribution in [-0.4, -0.2) is 30.7 Å². The molecule has 2 amide bonds. The van der Waals surface area contributed by atoms with Gasteiger partial charge in [-0.15, -0.1) is 0 Å². The molecule has 136 valence electrons. The van der Waals surface area contributed by atoms with E-state index in [1.54, 1.807) is 51.1 Å². The number of methoxy groups -OCH3 is 1. The second kappa shape index (κ2) is 7.82. The fourth-order valence-corrected chi connectivity index (χ4v) is 2.19. The van der Waals surface area contributed by atoms with Crippen molar-refractivity contribution < 1.29 is 23.9 Å². The fourth-order valence-electron chi connectivity index (χ4n) is 2.19. The summed E-state index contributed by atoms with van der Waals surface area (Å²) in [5, 5.41) is 0. The van der Waals surface area contributed by atoms with E-state index in [4.69, 9.17) is 4.74 Å². The summed E-state index contributed by atoms with van der Waals surface area (Å²) in [6, 6.07) is 14.4. The molecule has 26 heavy (non-hydrogen) atoms. The minimum Gasteiger partial charge on any atom is -0.465 e. The van der Waals surface area contributed by atoms with Gasteiger partial charge in [-0.05, 0) is 57.2 Å². The molecule has 0 spiro atoms. The number of hydrogen-bond donors (Lipinski definition) is 0. The zero-order valence-corrected chi connectivity index (χ0v) is 15.2. The minimum atomic E-state index is -0.772. The smallest absolute Gasteiger partial charge is 0.422 e. The zero-order valence-electron chi connectivity index (χ0n) is 15.2. The number of carbonyl (C=O) groups excluding carboxylic acids is 3. The molecule has 0 fully saturated rings. The van der Waals surface area contributed by atoms with Crippen molar-refractivity contribution in [3.05, 3.63) is 65.7 Å². The average molecular weight is 355 g/mol. The Morgan fingerprint density at radius 1 is 0.846 bits per heavy atom. The van der Waals surface area contributed by atoms with Crippen molar-refractivity contribution in [2.75, 3.05) is 12.0 Å². The maximum absolute atomic E-state index is 12.9.